The van der Waals surface area contributed by atoms with Gasteiger partial charge in [-0.05, 0) is 47.3 Å². The molecule has 0 amide bonds. The summed E-state index contributed by atoms with van der Waals surface area (Å²) < 4.78 is 28.4. The van der Waals surface area contributed by atoms with Gasteiger partial charge in [0, 0.05) is 17.5 Å². The highest BCUT2D eigenvalue weighted by Gasteiger charge is 2.39. The average molecular weight is 386 g/mol. The fourth-order valence-electron chi connectivity index (χ4n) is 2.35. The van der Waals surface area contributed by atoms with Crippen LogP contribution in [0.15, 0.2) is 45.1 Å². The lowest BCUT2D eigenvalue weighted by Gasteiger charge is -2.22. The lowest BCUT2D eigenvalue weighted by Crippen LogP contribution is -2.32. The zero-order valence-corrected chi connectivity index (χ0v) is 14.8. The van der Waals surface area contributed by atoms with Crippen LogP contribution in [0.1, 0.15) is 23.3 Å². The number of hydrogen-bond donors (Lipinski definition) is 0. The highest BCUT2D eigenvalue weighted by atomic mass is 79.9. The molecule has 3 rings (SSSR count). The molecule has 0 bridgehead atoms. The molecule has 2 aromatic rings. The third kappa shape index (κ3) is 3.23. The number of sulfonamides is 1. The van der Waals surface area contributed by atoms with Gasteiger partial charge in [0.1, 0.15) is 0 Å². The second-order valence-electron chi connectivity index (χ2n) is 5.24. The molecule has 0 unspecified atom stereocenters. The number of aryl methyl sites for hydroxylation is 1. The van der Waals surface area contributed by atoms with Crippen LogP contribution in [0.25, 0.3) is 0 Å². The fourth-order valence-corrected chi connectivity index (χ4v) is 6.41. The van der Waals surface area contributed by atoms with Gasteiger partial charge < -0.3 is 0 Å². The van der Waals surface area contributed by atoms with Crippen LogP contribution in [0, 0.1) is 6.92 Å². The van der Waals surface area contributed by atoms with E-state index in [0.717, 1.165) is 27.1 Å². The van der Waals surface area contributed by atoms with Gasteiger partial charge in [-0.15, -0.1) is 11.3 Å². The van der Waals surface area contributed by atoms with E-state index < -0.39 is 10.0 Å². The molecule has 1 aromatic carbocycles. The monoisotopic (exact) mass is 385 g/mol. The Labute approximate surface area is 137 Å². The van der Waals surface area contributed by atoms with E-state index in [0.29, 0.717) is 11.4 Å². The van der Waals surface area contributed by atoms with Crippen molar-refractivity contribution in [2.24, 2.45) is 0 Å². The van der Waals surface area contributed by atoms with Gasteiger partial charge in [0.2, 0.25) is 10.0 Å². The molecular formula is C15H16BrNO2S2. The summed E-state index contributed by atoms with van der Waals surface area (Å²) in [5.41, 5.74) is 1.03. The molecule has 1 aromatic heterocycles. The van der Waals surface area contributed by atoms with Crippen LogP contribution in [0.2, 0.25) is 0 Å². The molecule has 21 heavy (non-hydrogen) atoms. The molecule has 0 N–H and O–H groups in total. The van der Waals surface area contributed by atoms with Gasteiger partial charge >= 0.3 is 0 Å². The molecule has 0 radical (unpaired) electrons. The van der Waals surface area contributed by atoms with E-state index in [1.807, 2.05) is 37.3 Å². The van der Waals surface area contributed by atoms with E-state index in [1.165, 1.54) is 11.3 Å². The first-order valence-electron chi connectivity index (χ1n) is 6.80. The Bertz CT molecular complexity index is 736. The van der Waals surface area contributed by atoms with Gasteiger partial charge in [0.25, 0.3) is 0 Å². The maximum Gasteiger partial charge on any atom is 0.244 e. The van der Waals surface area contributed by atoms with Crippen molar-refractivity contribution < 1.29 is 8.42 Å². The molecule has 0 atom stereocenters. The van der Waals surface area contributed by atoms with E-state index in [1.54, 1.807) is 10.4 Å². The Kier molecular flexibility index (Phi) is 4.23. The van der Waals surface area contributed by atoms with Crippen LogP contribution >= 0.6 is 27.3 Å². The zero-order valence-electron chi connectivity index (χ0n) is 11.6. The third-order valence-corrected chi connectivity index (χ3v) is 7.27. The van der Waals surface area contributed by atoms with Crippen LogP contribution in [0.5, 0.6) is 0 Å². The van der Waals surface area contributed by atoms with Gasteiger partial charge in [0.15, 0.2) is 0 Å². The van der Waals surface area contributed by atoms with Gasteiger partial charge in [-0.2, -0.15) is 4.31 Å². The van der Waals surface area contributed by atoms with Crippen molar-refractivity contribution in [2.45, 2.75) is 37.2 Å². The molecule has 112 valence electrons. The van der Waals surface area contributed by atoms with Crippen molar-refractivity contribution in [3.8, 4) is 0 Å². The Hall–Kier alpha value is -0.690. The molecule has 1 aliphatic rings. The summed E-state index contributed by atoms with van der Waals surface area (Å²) in [5.74, 6) is 0. The van der Waals surface area contributed by atoms with Crippen molar-refractivity contribution in [3.63, 3.8) is 0 Å². The maximum atomic E-state index is 13.0. The normalized spacial score (nSPS) is 15.6. The topological polar surface area (TPSA) is 37.4 Å². The second-order valence-corrected chi connectivity index (χ2v) is 9.73. The quantitative estimate of drug-likeness (QED) is 0.774. The highest BCUT2D eigenvalue weighted by molar-refractivity contribution is 9.11. The van der Waals surface area contributed by atoms with Crippen molar-refractivity contribution in [1.82, 2.24) is 4.31 Å². The molecule has 6 heteroatoms. The standard InChI is InChI=1S/C15H16BrNO2S2/c1-11-14(9-15(16)20-11)21(18,19)17(13-7-8-13)10-12-5-3-2-4-6-12/h2-6,9,13H,7-8,10H2,1H3. The molecule has 0 spiro atoms. The molecule has 1 fully saturated rings. The fraction of sp³-hybridized carbons (Fsp3) is 0.333. The van der Waals surface area contributed by atoms with Crippen LogP contribution in [0.3, 0.4) is 0 Å². The molecule has 1 heterocycles. The third-order valence-electron chi connectivity index (χ3n) is 3.56. The minimum absolute atomic E-state index is 0.147. The van der Waals surface area contributed by atoms with Gasteiger partial charge in [-0.3, -0.25) is 0 Å². The van der Waals surface area contributed by atoms with Crippen LogP contribution < -0.4 is 0 Å². The summed E-state index contributed by atoms with van der Waals surface area (Å²) >= 11 is 4.84. The summed E-state index contributed by atoms with van der Waals surface area (Å²) in [7, 11) is -3.43. The van der Waals surface area contributed by atoms with Crippen molar-refractivity contribution in [3.05, 3.63) is 50.6 Å². The molecule has 1 aliphatic carbocycles. The average Bonchev–Trinajstić information content (AvgIpc) is 3.21. The van der Waals surface area contributed by atoms with Crippen molar-refractivity contribution >= 4 is 37.3 Å². The van der Waals surface area contributed by atoms with Crippen molar-refractivity contribution in [1.29, 1.82) is 0 Å². The van der Waals surface area contributed by atoms with E-state index in [-0.39, 0.29) is 6.04 Å². The van der Waals surface area contributed by atoms with Crippen LogP contribution in [0.4, 0.5) is 0 Å². The number of benzene rings is 1. The Balaban J connectivity index is 1.95. The first-order valence-corrected chi connectivity index (χ1v) is 9.85. The maximum absolute atomic E-state index is 13.0. The zero-order chi connectivity index (χ0) is 15.0. The minimum atomic E-state index is -3.43. The lowest BCUT2D eigenvalue weighted by atomic mass is 10.2. The van der Waals surface area contributed by atoms with E-state index >= 15 is 0 Å². The SMILES string of the molecule is Cc1sc(Br)cc1S(=O)(=O)N(Cc1ccccc1)C1CC1. The predicted molar refractivity (Wildman–Crippen MR) is 88.9 cm³/mol. The molecule has 0 saturated heterocycles. The van der Waals surface area contributed by atoms with Crippen LogP contribution in [-0.2, 0) is 16.6 Å². The van der Waals surface area contributed by atoms with E-state index in [9.17, 15) is 8.42 Å². The Morgan fingerprint density at radius 1 is 1.29 bits per heavy atom. The smallest absolute Gasteiger partial charge is 0.207 e. The van der Waals surface area contributed by atoms with Crippen molar-refractivity contribution in [2.75, 3.05) is 0 Å². The molecule has 1 saturated carbocycles. The van der Waals surface area contributed by atoms with Gasteiger partial charge in [-0.25, -0.2) is 8.42 Å². The van der Waals surface area contributed by atoms with Gasteiger partial charge in [0.05, 0.1) is 8.68 Å². The predicted octanol–water partition coefficient (Wildman–Crippen LogP) is 4.17. The molecule has 3 nitrogen and oxygen atoms in total. The second kappa shape index (κ2) is 5.83. The first-order chi connectivity index (χ1) is 9.98. The first kappa shape index (κ1) is 15.2. The Morgan fingerprint density at radius 2 is 1.95 bits per heavy atom. The summed E-state index contributed by atoms with van der Waals surface area (Å²) in [4.78, 5) is 1.27. The molecular weight excluding hydrogens is 370 g/mol. The van der Waals surface area contributed by atoms with Crippen LogP contribution in [-0.4, -0.2) is 18.8 Å². The summed E-state index contributed by atoms with van der Waals surface area (Å²) in [5, 5.41) is 0. The number of hydrogen-bond acceptors (Lipinski definition) is 3. The molecule has 0 aliphatic heterocycles. The lowest BCUT2D eigenvalue weighted by molar-refractivity contribution is 0.398. The number of rotatable bonds is 5. The van der Waals surface area contributed by atoms with E-state index in [2.05, 4.69) is 15.9 Å². The Morgan fingerprint density at radius 3 is 2.48 bits per heavy atom. The summed E-state index contributed by atoms with van der Waals surface area (Å²) in [6, 6.07) is 11.6. The number of nitrogens with zero attached hydrogens (tertiary/aromatic N) is 1. The highest BCUT2D eigenvalue weighted by Crippen LogP contribution is 2.37. The van der Waals surface area contributed by atoms with E-state index in [4.69, 9.17) is 0 Å². The largest absolute Gasteiger partial charge is 0.244 e. The summed E-state index contributed by atoms with van der Waals surface area (Å²) in [6.07, 6.45) is 1.91. The van der Waals surface area contributed by atoms with Gasteiger partial charge in [-0.1, -0.05) is 30.3 Å². The number of halogens is 1. The number of thiophene rings is 1. The summed E-state index contributed by atoms with van der Waals surface area (Å²) in [6.45, 7) is 2.30. The minimum Gasteiger partial charge on any atom is -0.207 e.